The van der Waals surface area contributed by atoms with E-state index >= 15 is 0 Å². The van der Waals surface area contributed by atoms with Crippen LogP contribution >= 0.6 is 23.2 Å². The molecule has 0 spiro atoms. The zero-order valence-electron chi connectivity index (χ0n) is 8.51. The maximum atomic E-state index is 13.2. The van der Waals surface area contributed by atoms with Gasteiger partial charge in [0.05, 0.1) is 22.2 Å². The van der Waals surface area contributed by atoms with E-state index in [1.165, 1.54) is 18.0 Å². The Morgan fingerprint density at radius 1 is 1.44 bits per heavy atom. The SMILES string of the molecule is CN(CCO)C(=O)c1cc(F)c(Cl)cc1Cl. The molecule has 1 aromatic carbocycles. The third-order valence-electron chi connectivity index (χ3n) is 2.02. The minimum atomic E-state index is -0.702. The van der Waals surface area contributed by atoms with Gasteiger partial charge in [0.15, 0.2) is 0 Å². The average Bonchev–Trinajstić information content (AvgIpc) is 2.23. The lowest BCUT2D eigenvalue weighted by molar-refractivity contribution is 0.0766. The fourth-order valence-electron chi connectivity index (χ4n) is 1.14. The second-order valence-corrected chi connectivity index (χ2v) is 4.01. The fraction of sp³-hybridized carbons (Fsp3) is 0.300. The Hall–Kier alpha value is -0.840. The molecule has 0 bridgehead atoms. The lowest BCUT2D eigenvalue weighted by Gasteiger charge is -2.16. The van der Waals surface area contributed by atoms with E-state index in [-0.39, 0.29) is 28.8 Å². The normalized spacial score (nSPS) is 10.3. The Bertz CT molecular complexity index is 412. The molecular formula is C10H10Cl2FNO2. The van der Waals surface area contributed by atoms with Crippen LogP contribution in [-0.4, -0.2) is 36.1 Å². The summed E-state index contributed by atoms with van der Waals surface area (Å²) < 4.78 is 13.2. The van der Waals surface area contributed by atoms with Gasteiger partial charge in [0, 0.05) is 13.6 Å². The summed E-state index contributed by atoms with van der Waals surface area (Å²) in [5.41, 5.74) is 0.0273. The van der Waals surface area contributed by atoms with Crippen LogP contribution in [0.25, 0.3) is 0 Å². The lowest BCUT2D eigenvalue weighted by Crippen LogP contribution is -2.29. The van der Waals surface area contributed by atoms with Crippen molar-refractivity contribution in [1.82, 2.24) is 4.90 Å². The summed E-state index contributed by atoms with van der Waals surface area (Å²) in [5, 5.41) is 8.63. The molecule has 0 fully saturated rings. The summed E-state index contributed by atoms with van der Waals surface area (Å²) in [4.78, 5) is 13.0. The van der Waals surface area contributed by atoms with Crippen molar-refractivity contribution in [2.45, 2.75) is 0 Å². The number of hydrogen-bond donors (Lipinski definition) is 1. The Balaban J connectivity index is 3.04. The monoisotopic (exact) mass is 265 g/mol. The molecule has 1 aromatic rings. The topological polar surface area (TPSA) is 40.5 Å². The van der Waals surface area contributed by atoms with Crippen molar-refractivity contribution in [2.75, 3.05) is 20.2 Å². The highest BCUT2D eigenvalue weighted by Crippen LogP contribution is 2.25. The van der Waals surface area contributed by atoms with Gasteiger partial charge in [-0.05, 0) is 12.1 Å². The van der Waals surface area contributed by atoms with E-state index in [1.807, 2.05) is 0 Å². The molecule has 0 unspecified atom stereocenters. The molecular weight excluding hydrogens is 256 g/mol. The van der Waals surface area contributed by atoms with E-state index < -0.39 is 11.7 Å². The minimum absolute atomic E-state index is 0.0273. The van der Waals surface area contributed by atoms with Crippen LogP contribution in [0.5, 0.6) is 0 Å². The van der Waals surface area contributed by atoms with Crippen molar-refractivity contribution in [3.05, 3.63) is 33.6 Å². The number of aliphatic hydroxyl groups is 1. The van der Waals surface area contributed by atoms with Crippen LogP contribution in [0.2, 0.25) is 10.0 Å². The summed E-state index contributed by atoms with van der Waals surface area (Å²) in [6.45, 7) is -0.0185. The summed E-state index contributed by atoms with van der Waals surface area (Å²) in [6.07, 6.45) is 0. The quantitative estimate of drug-likeness (QED) is 0.852. The van der Waals surface area contributed by atoms with Gasteiger partial charge in [-0.15, -0.1) is 0 Å². The summed E-state index contributed by atoms with van der Waals surface area (Å²) in [5.74, 6) is -1.17. The van der Waals surface area contributed by atoms with Crippen molar-refractivity contribution >= 4 is 29.1 Å². The van der Waals surface area contributed by atoms with Gasteiger partial charge >= 0.3 is 0 Å². The number of benzene rings is 1. The van der Waals surface area contributed by atoms with Crippen molar-refractivity contribution in [3.8, 4) is 0 Å². The number of amides is 1. The van der Waals surface area contributed by atoms with Gasteiger partial charge < -0.3 is 10.0 Å². The second-order valence-electron chi connectivity index (χ2n) is 3.20. The number of rotatable bonds is 3. The average molecular weight is 266 g/mol. The summed E-state index contributed by atoms with van der Waals surface area (Å²) in [7, 11) is 1.49. The third-order valence-corrected chi connectivity index (χ3v) is 2.62. The number of carbonyl (C=O) groups excluding carboxylic acids is 1. The van der Waals surface area contributed by atoms with Crippen LogP contribution in [0, 0.1) is 5.82 Å². The zero-order valence-corrected chi connectivity index (χ0v) is 10.0. The van der Waals surface area contributed by atoms with E-state index in [1.54, 1.807) is 0 Å². The van der Waals surface area contributed by atoms with Gasteiger partial charge in [-0.3, -0.25) is 4.79 Å². The number of hydrogen-bond acceptors (Lipinski definition) is 2. The van der Waals surface area contributed by atoms with E-state index in [4.69, 9.17) is 28.3 Å². The largest absolute Gasteiger partial charge is 0.395 e. The second kappa shape index (κ2) is 5.48. The van der Waals surface area contributed by atoms with E-state index in [2.05, 4.69) is 0 Å². The third kappa shape index (κ3) is 2.84. The van der Waals surface area contributed by atoms with Crippen molar-refractivity contribution in [1.29, 1.82) is 0 Å². The predicted molar refractivity (Wildman–Crippen MR) is 60.5 cm³/mol. The van der Waals surface area contributed by atoms with E-state index in [9.17, 15) is 9.18 Å². The first-order valence-corrected chi connectivity index (χ1v) is 5.23. The first kappa shape index (κ1) is 13.2. The molecule has 1 N–H and O–H groups in total. The summed E-state index contributed by atoms with van der Waals surface area (Å²) in [6, 6.07) is 2.17. The first-order valence-electron chi connectivity index (χ1n) is 4.48. The molecule has 1 rings (SSSR count). The molecule has 0 aliphatic carbocycles. The Morgan fingerprint density at radius 2 is 2.06 bits per heavy atom. The predicted octanol–water partition coefficient (Wildman–Crippen LogP) is 2.20. The fourth-order valence-corrected chi connectivity index (χ4v) is 1.61. The highest BCUT2D eigenvalue weighted by molar-refractivity contribution is 6.36. The van der Waals surface area contributed by atoms with Gasteiger partial charge in [-0.2, -0.15) is 0 Å². The molecule has 0 radical (unpaired) electrons. The maximum absolute atomic E-state index is 13.2. The van der Waals surface area contributed by atoms with Gasteiger partial charge in [0.2, 0.25) is 0 Å². The number of likely N-dealkylation sites (N-methyl/N-ethyl adjacent to an activating group) is 1. The Morgan fingerprint density at radius 3 is 2.62 bits per heavy atom. The van der Waals surface area contributed by atoms with E-state index in [0.717, 1.165) is 6.07 Å². The van der Waals surface area contributed by atoms with Crippen LogP contribution in [0.3, 0.4) is 0 Å². The van der Waals surface area contributed by atoms with Crippen molar-refractivity contribution in [2.24, 2.45) is 0 Å². The van der Waals surface area contributed by atoms with Gasteiger partial charge in [-0.25, -0.2) is 4.39 Å². The molecule has 0 saturated carbocycles. The van der Waals surface area contributed by atoms with Crippen LogP contribution in [-0.2, 0) is 0 Å². The summed E-state index contributed by atoms with van der Waals surface area (Å²) >= 11 is 11.3. The zero-order chi connectivity index (χ0) is 12.3. The van der Waals surface area contributed by atoms with Gasteiger partial charge in [0.25, 0.3) is 5.91 Å². The first-order chi connectivity index (χ1) is 7.47. The molecule has 16 heavy (non-hydrogen) atoms. The molecule has 1 amide bonds. The van der Waals surface area contributed by atoms with Crippen LogP contribution < -0.4 is 0 Å². The van der Waals surface area contributed by atoms with Crippen LogP contribution in [0.1, 0.15) is 10.4 Å². The molecule has 0 aromatic heterocycles. The van der Waals surface area contributed by atoms with E-state index in [0.29, 0.717) is 0 Å². The number of halogens is 3. The molecule has 0 aliphatic rings. The number of aliphatic hydroxyl groups excluding tert-OH is 1. The molecule has 0 atom stereocenters. The Kier molecular flexibility index (Phi) is 4.53. The van der Waals surface area contributed by atoms with Crippen LogP contribution in [0.4, 0.5) is 4.39 Å². The van der Waals surface area contributed by atoms with Crippen LogP contribution in [0.15, 0.2) is 12.1 Å². The molecule has 0 heterocycles. The maximum Gasteiger partial charge on any atom is 0.255 e. The Labute approximate surface area is 102 Å². The lowest BCUT2D eigenvalue weighted by atomic mass is 10.2. The minimum Gasteiger partial charge on any atom is -0.395 e. The molecule has 88 valence electrons. The molecule has 6 heteroatoms. The highest BCUT2D eigenvalue weighted by atomic mass is 35.5. The van der Waals surface area contributed by atoms with Gasteiger partial charge in [0.1, 0.15) is 5.82 Å². The highest BCUT2D eigenvalue weighted by Gasteiger charge is 2.17. The van der Waals surface area contributed by atoms with Crippen molar-refractivity contribution in [3.63, 3.8) is 0 Å². The standard InChI is InChI=1S/C10H10Cl2FNO2/c1-14(2-3-15)10(16)6-4-9(13)8(12)5-7(6)11/h4-5,15H,2-3H2,1H3. The smallest absolute Gasteiger partial charge is 0.255 e. The molecule has 0 aliphatic heterocycles. The molecule has 0 saturated heterocycles. The number of carbonyl (C=O) groups is 1. The molecule has 3 nitrogen and oxygen atoms in total. The van der Waals surface area contributed by atoms with Crippen molar-refractivity contribution < 1.29 is 14.3 Å². The number of nitrogens with zero attached hydrogens (tertiary/aromatic N) is 1. The van der Waals surface area contributed by atoms with Gasteiger partial charge in [-0.1, -0.05) is 23.2 Å².